The summed E-state index contributed by atoms with van der Waals surface area (Å²) in [4.78, 5) is 2.36. The summed E-state index contributed by atoms with van der Waals surface area (Å²) in [5.74, 6) is 0. The van der Waals surface area contributed by atoms with Crippen molar-refractivity contribution in [1.82, 2.24) is 4.90 Å². The minimum Gasteiger partial charge on any atom is -0.674 e. The molecule has 1 saturated heterocycles. The van der Waals surface area contributed by atoms with Gasteiger partial charge in [-0.3, -0.25) is 0 Å². The van der Waals surface area contributed by atoms with Crippen LogP contribution < -0.4 is 51.4 Å². The molecule has 0 aromatic rings. The minimum absolute atomic E-state index is 0. The van der Waals surface area contributed by atoms with Gasteiger partial charge < -0.3 is 10.6 Å². The molecular formula is C8H15KN2. The molecule has 0 amide bonds. The van der Waals surface area contributed by atoms with E-state index in [0.29, 0.717) is 5.41 Å². The van der Waals surface area contributed by atoms with Crippen LogP contribution in [0.5, 0.6) is 0 Å². The molecule has 1 N–H and O–H groups in total. The van der Waals surface area contributed by atoms with Crippen molar-refractivity contribution in [1.29, 1.82) is 0 Å². The van der Waals surface area contributed by atoms with E-state index in [9.17, 15) is 0 Å². The van der Waals surface area contributed by atoms with Crippen LogP contribution in [0.15, 0.2) is 0 Å². The molecule has 2 unspecified atom stereocenters. The number of likely N-dealkylation sites (tertiary alicyclic amines) is 1. The fraction of sp³-hybridized carbons (Fsp3) is 1.00. The maximum Gasteiger partial charge on any atom is 1.00 e. The first-order valence-corrected chi connectivity index (χ1v) is 4.13. The quantitative estimate of drug-likeness (QED) is 0.416. The molecule has 1 heterocycles. The molecule has 58 valence electrons. The van der Waals surface area contributed by atoms with Gasteiger partial charge in [0.1, 0.15) is 0 Å². The summed E-state index contributed by atoms with van der Waals surface area (Å²) in [5.41, 5.74) is 8.16. The number of rotatable bonds is 0. The smallest absolute Gasteiger partial charge is 0.674 e. The Morgan fingerprint density at radius 3 is 2.36 bits per heavy atom. The van der Waals surface area contributed by atoms with Crippen LogP contribution in [-0.2, 0) is 0 Å². The summed E-state index contributed by atoms with van der Waals surface area (Å²) >= 11 is 0. The van der Waals surface area contributed by atoms with Crippen LogP contribution in [0.2, 0.25) is 0 Å². The second-order valence-electron chi connectivity index (χ2n) is 3.94. The van der Waals surface area contributed by atoms with Crippen LogP contribution in [-0.4, -0.2) is 31.1 Å². The predicted octanol–water partition coefficient (Wildman–Crippen LogP) is -1.47. The van der Waals surface area contributed by atoms with E-state index in [4.69, 9.17) is 5.73 Å². The molecule has 2 fully saturated rings. The summed E-state index contributed by atoms with van der Waals surface area (Å²) in [5, 5.41) is 0. The van der Waals surface area contributed by atoms with Crippen LogP contribution in [0, 0.1) is 5.41 Å². The molecule has 1 aliphatic carbocycles. The zero-order valence-electron chi connectivity index (χ0n) is 7.56. The Morgan fingerprint density at radius 2 is 2.18 bits per heavy atom. The van der Waals surface area contributed by atoms with Crippen LogP contribution in [0.4, 0.5) is 0 Å². The van der Waals surface area contributed by atoms with Gasteiger partial charge in [0.2, 0.25) is 0 Å². The molecule has 2 nitrogen and oxygen atoms in total. The van der Waals surface area contributed by atoms with Gasteiger partial charge in [-0.25, -0.2) is 0 Å². The Labute approximate surface area is 111 Å². The van der Waals surface area contributed by atoms with Gasteiger partial charge in [0.05, 0.1) is 0 Å². The van der Waals surface area contributed by atoms with E-state index in [-0.39, 0.29) is 57.4 Å². The zero-order chi connectivity index (χ0) is 7.19. The van der Waals surface area contributed by atoms with E-state index in [2.05, 4.69) is 11.9 Å². The Bertz CT molecular complexity index is 151. The van der Waals surface area contributed by atoms with E-state index < -0.39 is 0 Å². The number of hydrogen-bond acceptors (Lipinski definition) is 1. The Kier molecular flexibility index (Phi) is 3.62. The van der Waals surface area contributed by atoms with Crippen LogP contribution in [0.25, 0.3) is 5.73 Å². The van der Waals surface area contributed by atoms with Crippen molar-refractivity contribution < 1.29 is 51.4 Å². The fourth-order valence-electron chi connectivity index (χ4n) is 2.29. The molecule has 1 spiro atoms. The van der Waals surface area contributed by atoms with E-state index in [1.807, 2.05) is 0 Å². The average Bonchev–Trinajstić information content (AvgIpc) is 2.31. The third-order valence-electron chi connectivity index (χ3n) is 3.25. The summed E-state index contributed by atoms with van der Waals surface area (Å²) < 4.78 is 0. The fourth-order valence-corrected chi connectivity index (χ4v) is 2.29. The second kappa shape index (κ2) is 3.74. The molecule has 3 heteroatoms. The molecular weight excluding hydrogens is 163 g/mol. The number of hydrogen-bond donors (Lipinski definition) is 0. The molecule has 0 radical (unpaired) electrons. The second-order valence-corrected chi connectivity index (χ2v) is 3.94. The summed E-state index contributed by atoms with van der Waals surface area (Å²) in [6.07, 6.45) is 3.73. The molecule has 2 rings (SSSR count). The van der Waals surface area contributed by atoms with Crippen LogP contribution in [0.1, 0.15) is 19.3 Å². The first kappa shape index (κ1) is 10.6. The summed E-state index contributed by atoms with van der Waals surface area (Å²) in [6, 6.07) is 0.262. The van der Waals surface area contributed by atoms with Gasteiger partial charge in [-0.05, 0) is 31.8 Å². The molecule has 2 atom stereocenters. The monoisotopic (exact) mass is 178 g/mol. The van der Waals surface area contributed by atoms with Crippen molar-refractivity contribution in [2.45, 2.75) is 25.3 Å². The minimum atomic E-state index is 0. The molecule has 0 aromatic heterocycles. The van der Waals surface area contributed by atoms with Gasteiger partial charge in [0, 0.05) is 6.54 Å². The Balaban J connectivity index is 0.000000605. The standard InChI is InChI=1S/C8H15N2.K/c1-10-5-4-8(6-10)3-2-7(8)9;/h7,9H,2-6H2,1H3;/q-1;+1. The predicted molar refractivity (Wildman–Crippen MR) is 41.9 cm³/mol. The van der Waals surface area contributed by atoms with Crippen molar-refractivity contribution in [2.75, 3.05) is 20.1 Å². The third-order valence-corrected chi connectivity index (χ3v) is 3.25. The molecule has 2 aliphatic rings. The third kappa shape index (κ3) is 1.75. The van der Waals surface area contributed by atoms with E-state index in [1.54, 1.807) is 0 Å². The van der Waals surface area contributed by atoms with Gasteiger partial charge in [-0.1, -0.05) is 6.42 Å². The Hall–Kier alpha value is 1.56. The first-order valence-electron chi connectivity index (χ1n) is 4.13. The molecule has 0 bridgehead atoms. The van der Waals surface area contributed by atoms with Crippen molar-refractivity contribution in [3.63, 3.8) is 0 Å². The van der Waals surface area contributed by atoms with Gasteiger partial charge in [-0.15, -0.1) is 6.04 Å². The molecule has 1 saturated carbocycles. The molecule has 0 aromatic carbocycles. The van der Waals surface area contributed by atoms with Gasteiger partial charge in [0.25, 0.3) is 0 Å². The first-order chi connectivity index (χ1) is 4.73. The zero-order valence-corrected chi connectivity index (χ0v) is 10.7. The maximum atomic E-state index is 7.72. The van der Waals surface area contributed by atoms with Crippen molar-refractivity contribution in [2.24, 2.45) is 5.41 Å². The average molecular weight is 178 g/mol. The number of nitrogens with zero attached hydrogens (tertiary/aromatic N) is 1. The van der Waals surface area contributed by atoms with Crippen molar-refractivity contribution in [3.8, 4) is 0 Å². The topological polar surface area (TPSA) is 27.0 Å². The largest absolute Gasteiger partial charge is 1.00 e. The SMILES string of the molecule is CN1CCC2(CCC2[NH-])C1.[K+]. The van der Waals surface area contributed by atoms with Crippen LogP contribution >= 0.6 is 0 Å². The van der Waals surface area contributed by atoms with E-state index >= 15 is 0 Å². The van der Waals surface area contributed by atoms with Gasteiger partial charge >= 0.3 is 51.4 Å². The summed E-state index contributed by atoms with van der Waals surface area (Å²) in [7, 11) is 2.17. The molecule has 1 aliphatic heterocycles. The molecule has 11 heavy (non-hydrogen) atoms. The Morgan fingerprint density at radius 1 is 1.45 bits per heavy atom. The van der Waals surface area contributed by atoms with Gasteiger partial charge in [-0.2, -0.15) is 0 Å². The van der Waals surface area contributed by atoms with Crippen molar-refractivity contribution in [3.05, 3.63) is 5.73 Å². The van der Waals surface area contributed by atoms with Crippen molar-refractivity contribution >= 4 is 0 Å². The van der Waals surface area contributed by atoms with Gasteiger partial charge in [0.15, 0.2) is 0 Å². The van der Waals surface area contributed by atoms with E-state index in [1.165, 1.54) is 25.9 Å². The number of nitrogens with one attached hydrogen (secondary N) is 1. The maximum absolute atomic E-state index is 7.72. The van der Waals surface area contributed by atoms with E-state index in [0.717, 1.165) is 6.42 Å². The summed E-state index contributed by atoms with van der Waals surface area (Å²) in [6.45, 7) is 2.40. The normalized spacial score (nSPS) is 43.6. The van der Waals surface area contributed by atoms with Crippen LogP contribution in [0.3, 0.4) is 0 Å².